The summed E-state index contributed by atoms with van der Waals surface area (Å²) in [6, 6.07) is 10.2. The number of fused-ring (bicyclic) bond motifs is 1. The van der Waals surface area contributed by atoms with Crippen LogP contribution in [-0.4, -0.2) is 33.2 Å². The van der Waals surface area contributed by atoms with Gasteiger partial charge in [0.15, 0.2) is 5.69 Å². The molecule has 0 spiro atoms. The fourth-order valence-electron chi connectivity index (χ4n) is 3.27. The molecule has 0 aliphatic carbocycles. The van der Waals surface area contributed by atoms with Crippen LogP contribution in [0.2, 0.25) is 5.02 Å². The van der Waals surface area contributed by atoms with Crippen molar-refractivity contribution in [2.75, 3.05) is 11.9 Å². The summed E-state index contributed by atoms with van der Waals surface area (Å²) in [4.78, 5) is 49.7. The number of nitro groups is 1. The smallest absolute Gasteiger partial charge is 0.359 e. The van der Waals surface area contributed by atoms with Crippen LogP contribution < -0.4 is 10.9 Å². The number of thiophene rings is 1. The molecule has 35 heavy (non-hydrogen) atoms. The van der Waals surface area contributed by atoms with Gasteiger partial charge in [-0.15, -0.1) is 11.3 Å². The number of nitrogens with zero attached hydrogens (tertiary/aromatic N) is 3. The molecule has 0 saturated heterocycles. The van der Waals surface area contributed by atoms with Crippen molar-refractivity contribution in [1.82, 2.24) is 9.78 Å². The average molecular weight is 578 g/mol. The molecule has 2 aromatic carbocycles. The zero-order chi connectivity index (χ0) is 25.3. The highest BCUT2D eigenvalue weighted by molar-refractivity contribution is 9.10. The molecule has 0 bridgehead atoms. The Morgan fingerprint density at radius 2 is 1.97 bits per heavy atom. The normalized spacial score (nSPS) is 10.8. The van der Waals surface area contributed by atoms with Crippen molar-refractivity contribution in [3.8, 4) is 5.69 Å². The molecule has 0 aliphatic heterocycles. The van der Waals surface area contributed by atoms with E-state index in [1.165, 1.54) is 11.4 Å². The SMILES string of the molecule is CCOC(=O)c1nn(-c2ccc(Br)cc2)c(=O)c2c(NC(=O)c3cc(Cl)ccc3[N+](=O)[O-])scc12. The highest BCUT2D eigenvalue weighted by Gasteiger charge is 2.25. The number of halogens is 2. The van der Waals surface area contributed by atoms with Crippen molar-refractivity contribution in [1.29, 1.82) is 0 Å². The van der Waals surface area contributed by atoms with Gasteiger partial charge in [0.2, 0.25) is 0 Å². The highest BCUT2D eigenvalue weighted by Crippen LogP contribution is 2.32. The summed E-state index contributed by atoms with van der Waals surface area (Å²) in [6.45, 7) is 1.72. The van der Waals surface area contributed by atoms with E-state index in [4.69, 9.17) is 16.3 Å². The molecule has 0 saturated carbocycles. The summed E-state index contributed by atoms with van der Waals surface area (Å²) in [5.74, 6) is -1.59. The molecule has 1 amide bonds. The Morgan fingerprint density at radius 3 is 2.63 bits per heavy atom. The second-order valence-corrected chi connectivity index (χ2v) is 9.22. The van der Waals surface area contributed by atoms with Crippen molar-refractivity contribution in [3.05, 3.63) is 89.1 Å². The third-order valence-corrected chi connectivity index (χ3v) is 6.48. The van der Waals surface area contributed by atoms with Crippen LogP contribution in [0.4, 0.5) is 10.7 Å². The number of carbonyl (C=O) groups is 2. The first-order chi connectivity index (χ1) is 16.7. The zero-order valence-electron chi connectivity index (χ0n) is 17.8. The average Bonchev–Trinajstić information content (AvgIpc) is 3.24. The lowest BCUT2D eigenvalue weighted by Gasteiger charge is -2.10. The van der Waals surface area contributed by atoms with Gasteiger partial charge < -0.3 is 10.1 Å². The molecule has 2 heterocycles. The number of ether oxygens (including phenoxy) is 1. The molecule has 13 heteroatoms. The number of amides is 1. The van der Waals surface area contributed by atoms with E-state index in [0.29, 0.717) is 5.69 Å². The van der Waals surface area contributed by atoms with Crippen molar-refractivity contribution in [2.24, 2.45) is 0 Å². The van der Waals surface area contributed by atoms with Crippen molar-refractivity contribution < 1.29 is 19.2 Å². The topological polar surface area (TPSA) is 133 Å². The molecule has 2 aromatic heterocycles. The number of hydrogen-bond acceptors (Lipinski definition) is 8. The zero-order valence-corrected chi connectivity index (χ0v) is 20.9. The van der Waals surface area contributed by atoms with E-state index in [2.05, 4.69) is 26.3 Å². The Bertz CT molecular complexity index is 1550. The van der Waals surface area contributed by atoms with E-state index in [-0.39, 0.29) is 38.7 Å². The third-order valence-electron chi connectivity index (χ3n) is 4.82. The molecule has 0 fully saturated rings. The molecule has 1 N–H and O–H groups in total. The second kappa shape index (κ2) is 9.94. The Balaban J connectivity index is 1.89. The standard InChI is InChI=1S/C22H14BrClN4O6S/c1-2-34-22(31)18-15-10-35-20(25-19(29)14-9-12(24)5-8-16(14)28(32)33)17(15)21(30)27(26-18)13-6-3-11(23)4-7-13/h3-10H,2H2,1H3,(H,25,29). The first-order valence-corrected chi connectivity index (χ1v) is 12.0. The predicted molar refractivity (Wildman–Crippen MR) is 135 cm³/mol. The number of esters is 1. The van der Waals surface area contributed by atoms with Crippen LogP contribution in [0, 0.1) is 10.1 Å². The van der Waals surface area contributed by atoms with Crippen LogP contribution in [0.25, 0.3) is 16.5 Å². The predicted octanol–water partition coefficient (Wildman–Crippen LogP) is 5.20. The molecule has 0 aliphatic rings. The molecule has 4 rings (SSSR count). The molecular formula is C22H14BrClN4O6S. The fourth-order valence-corrected chi connectivity index (χ4v) is 4.64. The molecule has 0 radical (unpaired) electrons. The summed E-state index contributed by atoms with van der Waals surface area (Å²) in [5.41, 5.74) is -1.08. The number of benzene rings is 2. The number of nitrogens with one attached hydrogen (secondary N) is 1. The Morgan fingerprint density at radius 1 is 1.26 bits per heavy atom. The third kappa shape index (κ3) is 4.81. The summed E-state index contributed by atoms with van der Waals surface area (Å²) >= 11 is 10.2. The lowest BCUT2D eigenvalue weighted by atomic mass is 10.1. The molecule has 10 nitrogen and oxygen atoms in total. The first-order valence-electron chi connectivity index (χ1n) is 9.94. The molecule has 0 unspecified atom stereocenters. The van der Waals surface area contributed by atoms with Crippen LogP contribution in [-0.2, 0) is 4.74 Å². The number of rotatable bonds is 6. The van der Waals surface area contributed by atoms with Crippen LogP contribution in [0.15, 0.2) is 57.1 Å². The maximum absolute atomic E-state index is 13.4. The van der Waals surface area contributed by atoms with Crippen LogP contribution >= 0.6 is 38.9 Å². The van der Waals surface area contributed by atoms with Crippen molar-refractivity contribution in [2.45, 2.75) is 6.92 Å². The summed E-state index contributed by atoms with van der Waals surface area (Å²) in [5, 5.41) is 20.0. The maximum atomic E-state index is 13.4. The number of hydrogen-bond donors (Lipinski definition) is 1. The van der Waals surface area contributed by atoms with E-state index >= 15 is 0 Å². The van der Waals surface area contributed by atoms with Crippen LogP contribution in [0.5, 0.6) is 0 Å². The molecule has 178 valence electrons. The summed E-state index contributed by atoms with van der Waals surface area (Å²) in [6.07, 6.45) is 0. The van der Waals surface area contributed by atoms with E-state index in [1.54, 1.807) is 31.2 Å². The van der Waals surface area contributed by atoms with Gasteiger partial charge in [-0.25, -0.2) is 4.79 Å². The van der Waals surface area contributed by atoms with Crippen molar-refractivity contribution in [3.63, 3.8) is 0 Å². The lowest BCUT2D eigenvalue weighted by molar-refractivity contribution is -0.385. The maximum Gasteiger partial charge on any atom is 0.359 e. The summed E-state index contributed by atoms with van der Waals surface area (Å²) < 4.78 is 6.91. The van der Waals surface area contributed by atoms with Gasteiger partial charge in [0.25, 0.3) is 17.2 Å². The fraction of sp³-hybridized carbons (Fsp3) is 0.0909. The van der Waals surface area contributed by atoms with E-state index in [0.717, 1.165) is 32.6 Å². The van der Waals surface area contributed by atoms with Gasteiger partial charge in [0.05, 0.1) is 22.6 Å². The monoisotopic (exact) mass is 576 g/mol. The Kier molecular flexibility index (Phi) is 6.96. The minimum Gasteiger partial charge on any atom is -0.461 e. The van der Waals surface area contributed by atoms with E-state index in [1.807, 2.05) is 0 Å². The second-order valence-electron chi connectivity index (χ2n) is 6.99. The number of aromatic nitrogens is 2. The minimum absolute atomic E-state index is 0.00834. The largest absolute Gasteiger partial charge is 0.461 e. The molecular weight excluding hydrogens is 564 g/mol. The van der Waals surface area contributed by atoms with Crippen LogP contribution in [0.1, 0.15) is 27.8 Å². The van der Waals surface area contributed by atoms with Gasteiger partial charge in [-0.2, -0.15) is 9.78 Å². The van der Waals surface area contributed by atoms with Gasteiger partial charge in [-0.05, 0) is 43.3 Å². The van der Waals surface area contributed by atoms with E-state index in [9.17, 15) is 24.5 Å². The molecule has 0 atom stereocenters. The van der Waals surface area contributed by atoms with Crippen molar-refractivity contribution >= 4 is 72.2 Å². The lowest BCUT2D eigenvalue weighted by Crippen LogP contribution is -2.25. The minimum atomic E-state index is -0.841. The number of anilines is 1. The van der Waals surface area contributed by atoms with Gasteiger partial charge in [-0.3, -0.25) is 19.7 Å². The van der Waals surface area contributed by atoms with E-state index < -0.39 is 28.0 Å². The highest BCUT2D eigenvalue weighted by atomic mass is 79.9. The number of nitro benzene ring substituents is 1. The number of carbonyl (C=O) groups excluding carboxylic acids is 2. The summed E-state index contributed by atoms with van der Waals surface area (Å²) in [7, 11) is 0. The Labute approximate surface area is 214 Å². The quantitative estimate of drug-likeness (QED) is 0.189. The Hall–Kier alpha value is -3.61. The van der Waals surface area contributed by atoms with Gasteiger partial charge in [-0.1, -0.05) is 27.5 Å². The first kappa shape index (κ1) is 24.5. The van der Waals surface area contributed by atoms with Gasteiger partial charge >= 0.3 is 5.97 Å². The van der Waals surface area contributed by atoms with Gasteiger partial charge in [0.1, 0.15) is 10.6 Å². The van der Waals surface area contributed by atoms with Crippen LogP contribution in [0.3, 0.4) is 0 Å². The van der Waals surface area contributed by atoms with Gasteiger partial charge in [0, 0.05) is 26.3 Å². The molecule has 4 aromatic rings.